The Balaban J connectivity index is 1.66. The van der Waals surface area contributed by atoms with Crippen molar-refractivity contribution in [2.45, 2.75) is 18.9 Å². The van der Waals surface area contributed by atoms with Crippen LogP contribution in [-0.2, 0) is 11.2 Å². The molecule has 0 spiro atoms. The van der Waals surface area contributed by atoms with E-state index in [0.717, 1.165) is 24.3 Å². The molecule has 1 fully saturated rings. The number of rotatable bonds is 2. The molecule has 0 aliphatic carbocycles. The monoisotopic (exact) mass is 247 g/mol. The van der Waals surface area contributed by atoms with Gasteiger partial charge >= 0.3 is 0 Å². The van der Waals surface area contributed by atoms with Crippen molar-refractivity contribution in [3.8, 4) is 5.75 Å². The van der Waals surface area contributed by atoms with Gasteiger partial charge in [-0.05, 0) is 18.1 Å². The number of nitrogens with zero attached hydrogens (tertiary/aromatic N) is 1. The second-order valence-electron chi connectivity index (χ2n) is 5.04. The Morgan fingerprint density at radius 3 is 3.00 bits per heavy atom. The summed E-state index contributed by atoms with van der Waals surface area (Å²) < 4.78 is 5.70. The minimum absolute atomic E-state index is 0.0575. The summed E-state index contributed by atoms with van der Waals surface area (Å²) in [5, 5.41) is 9.10. The van der Waals surface area contributed by atoms with Gasteiger partial charge < -0.3 is 14.7 Å². The predicted octanol–water partition coefficient (Wildman–Crippen LogP) is 0.831. The van der Waals surface area contributed by atoms with Gasteiger partial charge in [-0.2, -0.15) is 0 Å². The number of amides is 1. The molecular formula is C14H17NO3. The molecule has 4 heteroatoms. The van der Waals surface area contributed by atoms with Crippen LogP contribution < -0.4 is 4.74 Å². The average Bonchev–Trinajstić information content (AvgIpc) is 3.04. The summed E-state index contributed by atoms with van der Waals surface area (Å²) in [4.78, 5) is 14.1. The lowest BCUT2D eigenvalue weighted by Crippen LogP contribution is -2.40. The molecule has 2 aliphatic rings. The topological polar surface area (TPSA) is 49.8 Å². The highest BCUT2D eigenvalue weighted by molar-refractivity contribution is 5.82. The molecule has 2 atom stereocenters. The van der Waals surface area contributed by atoms with Crippen LogP contribution in [-0.4, -0.2) is 41.7 Å². The zero-order valence-corrected chi connectivity index (χ0v) is 10.2. The van der Waals surface area contributed by atoms with E-state index in [9.17, 15) is 4.79 Å². The third-order valence-electron chi connectivity index (χ3n) is 3.78. The van der Waals surface area contributed by atoms with Gasteiger partial charge in [0, 0.05) is 32.0 Å². The zero-order chi connectivity index (χ0) is 12.5. The Morgan fingerprint density at radius 1 is 1.44 bits per heavy atom. The number of para-hydroxylation sites is 1. The van der Waals surface area contributed by atoms with Crippen molar-refractivity contribution in [2.24, 2.45) is 5.92 Å². The van der Waals surface area contributed by atoms with Gasteiger partial charge in [-0.3, -0.25) is 4.79 Å². The number of ether oxygens (including phenoxy) is 1. The van der Waals surface area contributed by atoms with Crippen LogP contribution in [0, 0.1) is 5.92 Å². The molecule has 0 saturated carbocycles. The van der Waals surface area contributed by atoms with Crippen LogP contribution in [0.3, 0.4) is 0 Å². The van der Waals surface area contributed by atoms with Gasteiger partial charge in [0.05, 0.1) is 0 Å². The SMILES string of the molecule is O=C(C1Cc2ccccc2O1)N1CCC(CO)C1. The average molecular weight is 247 g/mol. The first-order valence-electron chi connectivity index (χ1n) is 6.42. The van der Waals surface area contributed by atoms with Gasteiger partial charge in [0.25, 0.3) is 5.91 Å². The maximum Gasteiger partial charge on any atom is 0.264 e. The summed E-state index contributed by atoms with van der Waals surface area (Å²) in [6.45, 7) is 1.56. The minimum Gasteiger partial charge on any atom is -0.480 e. The van der Waals surface area contributed by atoms with E-state index in [4.69, 9.17) is 9.84 Å². The van der Waals surface area contributed by atoms with Crippen molar-refractivity contribution >= 4 is 5.91 Å². The van der Waals surface area contributed by atoms with E-state index in [1.807, 2.05) is 29.2 Å². The molecule has 18 heavy (non-hydrogen) atoms. The van der Waals surface area contributed by atoms with Gasteiger partial charge in [0.1, 0.15) is 5.75 Å². The van der Waals surface area contributed by atoms with Crippen LogP contribution in [0.5, 0.6) is 5.75 Å². The van der Waals surface area contributed by atoms with Crippen LogP contribution in [0.15, 0.2) is 24.3 Å². The number of hydrogen-bond acceptors (Lipinski definition) is 3. The Labute approximate surface area is 106 Å². The molecule has 1 aromatic rings. The molecule has 2 aliphatic heterocycles. The highest BCUT2D eigenvalue weighted by atomic mass is 16.5. The van der Waals surface area contributed by atoms with Gasteiger partial charge in [-0.15, -0.1) is 0 Å². The highest BCUT2D eigenvalue weighted by Gasteiger charge is 2.35. The molecule has 2 unspecified atom stereocenters. The van der Waals surface area contributed by atoms with E-state index in [2.05, 4.69) is 0 Å². The first kappa shape index (κ1) is 11.5. The third-order valence-corrected chi connectivity index (χ3v) is 3.78. The Morgan fingerprint density at radius 2 is 2.28 bits per heavy atom. The quantitative estimate of drug-likeness (QED) is 0.842. The molecule has 4 nitrogen and oxygen atoms in total. The fourth-order valence-corrected chi connectivity index (χ4v) is 2.71. The lowest BCUT2D eigenvalue weighted by atomic mass is 10.1. The number of likely N-dealkylation sites (tertiary alicyclic amines) is 1. The standard InChI is InChI=1S/C14H17NO3/c16-9-10-5-6-15(8-10)14(17)13-7-11-3-1-2-4-12(11)18-13/h1-4,10,13,16H,5-9H2. The third kappa shape index (κ3) is 1.97. The van der Waals surface area contributed by atoms with Crippen molar-refractivity contribution in [1.82, 2.24) is 4.90 Å². The molecular weight excluding hydrogens is 230 g/mol. The number of aliphatic hydroxyl groups is 1. The van der Waals surface area contributed by atoms with Gasteiger partial charge in [0.15, 0.2) is 6.10 Å². The molecule has 0 aromatic heterocycles. The lowest BCUT2D eigenvalue weighted by Gasteiger charge is -2.20. The van der Waals surface area contributed by atoms with E-state index in [0.29, 0.717) is 13.0 Å². The van der Waals surface area contributed by atoms with Crippen LogP contribution in [0.1, 0.15) is 12.0 Å². The van der Waals surface area contributed by atoms with E-state index in [-0.39, 0.29) is 24.5 Å². The van der Waals surface area contributed by atoms with Crippen molar-refractivity contribution < 1.29 is 14.6 Å². The number of aliphatic hydroxyl groups excluding tert-OH is 1. The highest BCUT2D eigenvalue weighted by Crippen LogP contribution is 2.29. The van der Waals surface area contributed by atoms with E-state index in [1.54, 1.807) is 0 Å². The number of carbonyl (C=O) groups is 1. The van der Waals surface area contributed by atoms with E-state index < -0.39 is 0 Å². The normalized spacial score (nSPS) is 25.9. The number of hydrogen-bond donors (Lipinski definition) is 1. The summed E-state index contributed by atoms with van der Waals surface area (Å²) in [5.74, 6) is 1.12. The van der Waals surface area contributed by atoms with Gasteiger partial charge in [-0.1, -0.05) is 18.2 Å². The van der Waals surface area contributed by atoms with Crippen molar-refractivity contribution in [3.05, 3.63) is 29.8 Å². The summed E-state index contributed by atoms with van der Waals surface area (Å²) in [7, 11) is 0. The van der Waals surface area contributed by atoms with E-state index >= 15 is 0 Å². The second-order valence-corrected chi connectivity index (χ2v) is 5.04. The summed E-state index contributed by atoms with van der Waals surface area (Å²) in [6, 6.07) is 7.79. The second kappa shape index (κ2) is 4.61. The summed E-state index contributed by atoms with van der Waals surface area (Å²) in [5.41, 5.74) is 1.11. The Bertz CT molecular complexity index is 435. The molecule has 96 valence electrons. The number of benzene rings is 1. The molecule has 1 N–H and O–H groups in total. The molecule has 1 saturated heterocycles. The molecule has 0 radical (unpaired) electrons. The van der Waals surface area contributed by atoms with Crippen LogP contribution in [0.25, 0.3) is 0 Å². The summed E-state index contributed by atoms with van der Waals surface area (Å²) in [6.07, 6.45) is 1.18. The minimum atomic E-state index is -0.375. The first-order chi connectivity index (χ1) is 8.78. The Hall–Kier alpha value is -1.55. The fourth-order valence-electron chi connectivity index (χ4n) is 2.71. The predicted molar refractivity (Wildman–Crippen MR) is 66.3 cm³/mol. The maximum absolute atomic E-state index is 12.3. The molecule has 3 rings (SSSR count). The van der Waals surface area contributed by atoms with Gasteiger partial charge in [0.2, 0.25) is 0 Å². The van der Waals surface area contributed by atoms with Crippen molar-refractivity contribution in [3.63, 3.8) is 0 Å². The molecule has 0 bridgehead atoms. The number of carbonyl (C=O) groups excluding carboxylic acids is 1. The van der Waals surface area contributed by atoms with Crippen LogP contribution >= 0.6 is 0 Å². The van der Waals surface area contributed by atoms with E-state index in [1.165, 1.54) is 0 Å². The zero-order valence-electron chi connectivity index (χ0n) is 10.2. The lowest BCUT2D eigenvalue weighted by molar-refractivity contribution is -0.137. The smallest absolute Gasteiger partial charge is 0.264 e. The summed E-state index contributed by atoms with van der Waals surface area (Å²) >= 11 is 0. The molecule has 1 aromatic carbocycles. The maximum atomic E-state index is 12.3. The fraction of sp³-hybridized carbons (Fsp3) is 0.500. The van der Waals surface area contributed by atoms with Crippen LogP contribution in [0.2, 0.25) is 0 Å². The van der Waals surface area contributed by atoms with Crippen LogP contribution in [0.4, 0.5) is 0 Å². The van der Waals surface area contributed by atoms with Crippen molar-refractivity contribution in [2.75, 3.05) is 19.7 Å². The molecule has 1 amide bonds. The van der Waals surface area contributed by atoms with Gasteiger partial charge in [-0.25, -0.2) is 0 Å². The first-order valence-corrected chi connectivity index (χ1v) is 6.42. The van der Waals surface area contributed by atoms with Crippen molar-refractivity contribution in [1.29, 1.82) is 0 Å². The molecule has 2 heterocycles. The number of fused-ring (bicyclic) bond motifs is 1. The Kier molecular flexibility index (Phi) is 2.96. The largest absolute Gasteiger partial charge is 0.480 e.